The van der Waals surface area contributed by atoms with E-state index in [2.05, 4.69) is 0 Å². The first-order valence-corrected chi connectivity index (χ1v) is 28.9. The monoisotopic (exact) mass is 1180 g/mol. The lowest BCUT2D eigenvalue weighted by Crippen LogP contribution is -2.74. The second kappa shape index (κ2) is 20.9. The van der Waals surface area contributed by atoms with Crippen molar-refractivity contribution in [3.63, 3.8) is 0 Å². The first-order valence-electron chi connectivity index (χ1n) is 45.9. The minimum atomic E-state index is -6.63. The van der Waals surface area contributed by atoms with E-state index >= 15 is 0 Å². The molecule has 412 valence electrons. The molecule has 0 radical (unpaired) electrons. The largest absolute Gasteiger partial charge is 0.309 e. The third-order valence-electron chi connectivity index (χ3n) is 15.1. The molecule has 0 aliphatic heterocycles. The van der Waals surface area contributed by atoms with Gasteiger partial charge in [-0.25, -0.2) is 4.98 Å². The first-order chi connectivity index (χ1) is 59.4. The molecular weight excluding hydrogens is 1090 g/mol. The van der Waals surface area contributed by atoms with Crippen LogP contribution in [0, 0.1) is 0 Å². The fraction of sp³-hybridized carbons (Fsp3) is 0. The van der Waals surface area contributed by atoms with Crippen molar-refractivity contribution in [1.29, 1.82) is 0 Å². The van der Waals surface area contributed by atoms with Gasteiger partial charge in [0, 0.05) is 49.1 Å². The fourth-order valence-corrected chi connectivity index (χ4v) is 15.4. The first kappa shape index (κ1) is 25.6. The third-order valence-corrected chi connectivity index (χ3v) is 19.3. The van der Waals surface area contributed by atoms with E-state index in [1.807, 2.05) is 0 Å². The van der Waals surface area contributed by atoms with Gasteiger partial charge < -0.3 is 9.13 Å². The highest BCUT2D eigenvalue weighted by atomic mass is 28.3. The Morgan fingerprint density at radius 2 is 0.761 bits per heavy atom. The van der Waals surface area contributed by atoms with Crippen LogP contribution in [-0.4, -0.2) is 36.7 Å². The van der Waals surface area contributed by atoms with Crippen LogP contribution in [0.1, 0.15) is 52.1 Å². The van der Waals surface area contributed by atoms with Crippen molar-refractivity contribution in [1.82, 2.24) is 28.7 Å². The van der Waals surface area contributed by atoms with Crippen molar-refractivity contribution in [2.45, 2.75) is 0 Å². The normalized spacial score (nSPS) is 18.5. The summed E-state index contributed by atoms with van der Waals surface area (Å²) in [5.41, 5.74) is -7.09. The van der Waals surface area contributed by atoms with Gasteiger partial charge in [0.25, 0.3) is 0 Å². The minimum Gasteiger partial charge on any atom is -0.309 e. The Hall–Kier alpha value is -11.5. The summed E-state index contributed by atoms with van der Waals surface area (Å²) in [4.78, 5) is 14.4. The van der Waals surface area contributed by atoms with Gasteiger partial charge in [-0.15, -0.1) is 0 Å². The van der Waals surface area contributed by atoms with E-state index < -0.39 is 348 Å². The van der Waals surface area contributed by atoms with Crippen LogP contribution < -0.4 is 20.7 Å². The average molecular weight is 1180 g/mol. The molecule has 0 fully saturated rings. The summed E-state index contributed by atoms with van der Waals surface area (Å²) in [6, 6.07) is -15.9. The second-order valence-corrected chi connectivity index (χ2v) is 23.4. The molecule has 0 aliphatic rings. The Morgan fingerprint density at radius 3 is 1.39 bits per heavy atom. The molecule has 0 saturated heterocycles. The quantitative estimate of drug-likeness (QED) is 0.0958. The van der Waals surface area contributed by atoms with Gasteiger partial charge in [0.05, 0.1) is 90.9 Å². The summed E-state index contributed by atoms with van der Waals surface area (Å²) in [7, 11) is -6.63. The molecule has 0 aliphatic carbocycles. The number of aromatic nitrogens is 6. The molecule has 0 bridgehead atoms. The van der Waals surface area contributed by atoms with Gasteiger partial charge in [-0.3, -0.25) is 4.57 Å². The lowest BCUT2D eigenvalue weighted by atomic mass is 10.0. The predicted molar refractivity (Wildman–Crippen MR) is 368 cm³/mol. The summed E-state index contributed by atoms with van der Waals surface area (Å²) in [5, 5.41) is -5.04. The van der Waals surface area contributed by atoms with E-state index in [0.29, 0.717) is 36.5 Å². The van der Waals surface area contributed by atoms with E-state index in [1.165, 1.54) is 12.1 Å². The number of rotatable bonds is 11. The molecular formula is C81H54N6Si. The van der Waals surface area contributed by atoms with Crippen molar-refractivity contribution in [3.05, 3.63) is 327 Å². The molecule has 1 unspecified atom stereocenters. The van der Waals surface area contributed by atoms with Gasteiger partial charge in [0.2, 0.25) is 5.95 Å². The van der Waals surface area contributed by atoms with Crippen LogP contribution in [0.5, 0.6) is 0 Å². The van der Waals surface area contributed by atoms with Gasteiger partial charge in [-0.05, 0) is 104 Å². The molecule has 1 atom stereocenters. The maximum atomic E-state index is 11.5. The van der Waals surface area contributed by atoms with Gasteiger partial charge in [-0.1, -0.05) is 266 Å². The fourth-order valence-electron chi connectivity index (χ4n) is 11.5. The maximum Gasteiger partial charge on any atom is 0.238 e. The number of fused-ring (bicyclic) bond motifs is 9. The Morgan fingerprint density at radius 1 is 0.284 bits per heavy atom. The topological polar surface area (TPSA) is 53.5 Å². The van der Waals surface area contributed by atoms with E-state index in [1.54, 1.807) is 89.5 Å². The lowest BCUT2D eigenvalue weighted by molar-refractivity contribution is 0.952. The van der Waals surface area contributed by atoms with Gasteiger partial charge in [0.15, 0.2) is 19.7 Å². The zero-order valence-electron chi connectivity index (χ0n) is 82.9. The molecule has 0 amide bonds. The van der Waals surface area contributed by atoms with Crippen LogP contribution in [0.25, 0.3) is 128 Å². The molecule has 17 aromatic rings. The number of hydrogen-bond acceptors (Lipinski definition) is 3. The highest BCUT2D eigenvalue weighted by molar-refractivity contribution is 7.20. The number of nitrogens with zero attached hydrogens (tertiary/aromatic N) is 6. The lowest BCUT2D eigenvalue weighted by Gasteiger charge is -2.36. The van der Waals surface area contributed by atoms with Crippen LogP contribution in [-0.2, 0) is 0 Å². The number of hydrogen-bond donors (Lipinski definition) is 0. The van der Waals surface area contributed by atoms with Crippen LogP contribution in [0.3, 0.4) is 0 Å². The highest BCUT2D eigenvalue weighted by Crippen LogP contribution is 2.39. The van der Waals surface area contributed by atoms with Crippen LogP contribution in [0.2, 0.25) is 0 Å². The molecule has 0 N–H and O–H groups in total. The highest BCUT2D eigenvalue weighted by Gasteiger charge is 2.43. The minimum absolute atomic E-state index is 0.0769. The van der Waals surface area contributed by atoms with Crippen molar-refractivity contribution in [2.24, 2.45) is 0 Å². The standard InChI is InChI=1S/C81H54N6Si/c1-4-26-55(27-5-1)57-30-24-34-62(51-57)88(61-32-8-3-9-33-61,64-53-59(56-28-6-2-7-29-56)50-60(54-64)85-72-43-17-10-36-65(72)66-37-11-18-44-73(66)85)63-35-25-31-58(52-63)79-82-80(84-81(83-79)87-76-47-21-14-40-69(76)70-41-15-22-48-77(70)87)71-42-16-23-49-78(71)86-74-45-19-12-38-67(74)68-39-13-20-46-75(68)86/h1-54H/i1D,3D,4D,5D,8D,9D,12D,13D,14D,15D,16D,19D,20D,21D,22D,23D,24D,25D,26D,27D,30D,31D,32D,33D,34D,35D,38D,39D,40D,41D,42D,45D,46D,47D,48D,49D,51D,52D. The Labute approximate surface area is 563 Å². The van der Waals surface area contributed by atoms with E-state index in [0.717, 1.165) is 0 Å². The van der Waals surface area contributed by atoms with Crippen molar-refractivity contribution < 1.29 is 52.1 Å². The number of para-hydroxylation sites is 7. The van der Waals surface area contributed by atoms with E-state index in [4.69, 9.17) is 30.0 Å². The van der Waals surface area contributed by atoms with E-state index in [9.17, 15) is 37.0 Å². The second-order valence-electron chi connectivity index (χ2n) is 19.8. The molecule has 0 spiro atoms. The van der Waals surface area contributed by atoms with Crippen molar-refractivity contribution in [3.8, 4) is 62.4 Å². The SMILES string of the molecule is [2H]c1c([2H])c([2H])c(-c2c([2H])c([2H])c([2H])c([Si](c3cc(-c4ccccc4)cc(-n4c5ccccc5c5ccccc54)c3)(c3c([2H])c([2H])c([2H])c([2H])c3[2H])c3c([2H])c([2H])c([2H])c(-c4nc(-c5c([2H])c([2H])c([2H])c([2H])c5-n5c6c([2H])c([2H])c([2H])c([2H])c6c6c([2H])c([2H])c([2H])c([2H])c65)nc(-n5c6c([2H])c([2H])c([2H])c([2H])c6c6c([2H])c([2H])c([2H])c([2H])c65)n4)c3[2H])c2[2H])c([2H])c1[2H]. The van der Waals surface area contributed by atoms with Gasteiger partial charge >= 0.3 is 0 Å². The van der Waals surface area contributed by atoms with E-state index in [-0.39, 0.29) is 11.3 Å². The van der Waals surface area contributed by atoms with Crippen molar-refractivity contribution in [2.75, 3.05) is 0 Å². The number of benzene rings is 13. The molecule has 4 heterocycles. The molecule has 6 nitrogen and oxygen atoms in total. The summed E-state index contributed by atoms with van der Waals surface area (Å²) in [6.07, 6.45) is 0. The summed E-state index contributed by atoms with van der Waals surface area (Å²) in [6.45, 7) is 0. The summed E-state index contributed by atoms with van der Waals surface area (Å²) in [5.74, 6) is -3.66. The van der Waals surface area contributed by atoms with Crippen LogP contribution in [0.15, 0.2) is 327 Å². The molecule has 17 rings (SSSR count). The predicted octanol–water partition coefficient (Wildman–Crippen LogP) is 17.2. The Bertz CT molecular complexity index is 7640. The third kappa shape index (κ3) is 8.20. The van der Waals surface area contributed by atoms with Crippen LogP contribution in [0.4, 0.5) is 0 Å². The summed E-state index contributed by atoms with van der Waals surface area (Å²) < 4.78 is 370. The molecule has 0 saturated carbocycles. The van der Waals surface area contributed by atoms with Gasteiger partial charge in [0.1, 0.15) is 0 Å². The Kier molecular flexibility index (Phi) is 6.09. The van der Waals surface area contributed by atoms with Gasteiger partial charge in [-0.2, -0.15) is 9.97 Å². The summed E-state index contributed by atoms with van der Waals surface area (Å²) >= 11 is 0. The molecule has 13 aromatic carbocycles. The molecule has 88 heavy (non-hydrogen) atoms. The van der Waals surface area contributed by atoms with Crippen LogP contribution >= 0.6 is 0 Å². The smallest absolute Gasteiger partial charge is 0.238 e. The zero-order chi connectivity index (χ0) is 91.2. The molecule has 4 aromatic heterocycles. The van der Waals surface area contributed by atoms with Crippen molar-refractivity contribution >= 4 is 94.2 Å². The molecule has 7 heteroatoms. The maximum absolute atomic E-state index is 11.5. The Balaban J connectivity index is 1.16. The zero-order valence-corrected chi connectivity index (χ0v) is 45.9. The average Bonchev–Trinajstić information content (AvgIpc) is 1.57.